The highest BCUT2D eigenvalue weighted by molar-refractivity contribution is 8.18. The molecule has 9 heteroatoms. The Labute approximate surface area is 181 Å². The van der Waals surface area contributed by atoms with Gasteiger partial charge in [0.25, 0.3) is 11.1 Å². The van der Waals surface area contributed by atoms with E-state index < -0.39 is 23.7 Å². The van der Waals surface area contributed by atoms with Crippen LogP contribution in [-0.4, -0.2) is 35.7 Å². The summed E-state index contributed by atoms with van der Waals surface area (Å²) in [5.41, 5.74) is 1.46. The molecule has 2 aromatic rings. The number of carbonyl (C=O) groups is 3. The van der Waals surface area contributed by atoms with Crippen molar-refractivity contribution in [1.82, 2.24) is 4.90 Å². The third-order valence-corrected chi connectivity index (χ3v) is 5.45. The van der Waals surface area contributed by atoms with Crippen LogP contribution in [0.2, 0.25) is 10.0 Å². The average Bonchev–Trinajstić information content (AvgIpc) is 2.95. The van der Waals surface area contributed by atoms with Crippen molar-refractivity contribution in [3.63, 3.8) is 0 Å². The topological polar surface area (TPSA) is 72.9 Å². The van der Waals surface area contributed by atoms with Gasteiger partial charge in [-0.25, -0.2) is 0 Å². The first-order valence-electron chi connectivity index (χ1n) is 8.36. The Morgan fingerprint density at radius 2 is 1.97 bits per heavy atom. The van der Waals surface area contributed by atoms with Crippen molar-refractivity contribution in [1.29, 1.82) is 0 Å². The smallest absolute Gasteiger partial charge is 0.325 e. The minimum absolute atomic E-state index is 0.219. The van der Waals surface area contributed by atoms with Gasteiger partial charge in [0.15, 0.2) is 0 Å². The van der Waals surface area contributed by atoms with Crippen molar-refractivity contribution in [2.24, 2.45) is 0 Å². The first-order chi connectivity index (χ1) is 13.9. The summed E-state index contributed by atoms with van der Waals surface area (Å²) in [7, 11) is 1.19. The standard InChI is InChI=1S/C20H15Cl2NO5S/c1-27-18(24)10-23-19(25)17(29-20(23)26)8-12-3-2-4-15(7-12)28-11-13-5-6-14(21)9-16(13)22/h2-9H,10-11H2,1H3/b17-8-. The van der Waals surface area contributed by atoms with Crippen LogP contribution in [-0.2, 0) is 20.9 Å². The number of halogens is 2. The van der Waals surface area contributed by atoms with E-state index in [1.807, 2.05) is 0 Å². The second-order valence-corrected chi connectivity index (χ2v) is 7.78. The summed E-state index contributed by atoms with van der Waals surface area (Å²) in [5.74, 6) is -0.631. The van der Waals surface area contributed by atoms with Gasteiger partial charge in [0.1, 0.15) is 18.9 Å². The van der Waals surface area contributed by atoms with Gasteiger partial charge in [0.05, 0.1) is 12.0 Å². The number of rotatable bonds is 6. The maximum Gasteiger partial charge on any atom is 0.325 e. The van der Waals surface area contributed by atoms with E-state index in [9.17, 15) is 14.4 Å². The zero-order chi connectivity index (χ0) is 21.0. The van der Waals surface area contributed by atoms with Crippen LogP contribution in [0.15, 0.2) is 47.4 Å². The van der Waals surface area contributed by atoms with E-state index in [1.54, 1.807) is 48.5 Å². The predicted molar refractivity (Wildman–Crippen MR) is 112 cm³/mol. The van der Waals surface area contributed by atoms with Crippen LogP contribution < -0.4 is 4.74 Å². The molecule has 0 aromatic heterocycles. The molecule has 6 nitrogen and oxygen atoms in total. The highest BCUT2D eigenvalue weighted by atomic mass is 35.5. The highest BCUT2D eigenvalue weighted by Crippen LogP contribution is 2.32. The van der Waals surface area contributed by atoms with E-state index in [1.165, 1.54) is 7.11 Å². The Morgan fingerprint density at radius 1 is 1.17 bits per heavy atom. The van der Waals surface area contributed by atoms with Gasteiger partial charge < -0.3 is 9.47 Å². The van der Waals surface area contributed by atoms with E-state index in [-0.39, 0.29) is 11.5 Å². The summed E-state index contributed by atoms with van der Waals surface area (Å²) in [5, 5.41) is 0.534. The summed E-state index contributed by atoms with van der Waals surface area (Å²) < 4.78 is 10.3. The molecule has 0 bridgehead atoms. The monoisotopic (exact) mass is 451 g/mol. The summed E-state index contributed by atoms with van der Waals surface area (Å²) in [6, 6.07) is 12.2. The number of hydrogen-bond donors (Lipinski definition) is 0. The fourth-order valence-electron chi connectivity index (χ4n) is 2.48. The summed E-state index contributed by atoms with van der Waals surface area (Å²) in [6.07, 6.45) is 1.57. The van der Waals surface area contributed by atoms with Gasteiger partial charge in [-0.3, -0.25) is 19.3 Å². The Morgan fingerprint density at radius 3 is 2.69 bits per heavy atom. The molecule has 0 N–H and O–H groups in total. The largest absolute Gasteiger partial charge is 0.489 e. The van der Waals surface area contributed by atoms with Gasteiger partial charge in [-0.2, -0.15) is 0 Å². The lowest BCUT2D eigenvalue weighted by Gasteiger charge is -2.10. The van der Waals surface area contributed by atoms with Crippen LogP contribution in [0.5, 0.6) is 5.75 Å². The zero-order valence-electron chi connectivity index (χ0n) is 15.2. The first kappa shape index (κ1) is 21.2. The fourth-order valence-corrected chi connectivity index (χ4v) is 3.78. The number of methoxy groups -OCH3 is 1. The van der Waals surface area contributed by atoms with Crippen molar-refractivity contribution < 1.29 is 23.9 Å². The molecule has 29 heavy (non-hydrogen) atoms. The molecule has 1 heterocycles. The molecule has 150 valence electrons. The maximum atomic E-state index is 12.4. The molecule has 1 saturated heterocycles. The number of ether oxygens (including phenoxy) is 2. The Kier molecular flexibility index (Phi) is 6.84. The molecule has 0 spiro atoms. The number of hydrogen-bond acceptors (Lipinski definition) is 6. The van der Waals surface area contributed by atoms with Gasteiger partial charge >= 0.3 is 5.97 Å². The van der Waals surface area contributed by atoms with E-state index in [0.29, 0.717) is 21.4 Å². The number of imide groups is 1. The molecule has 1 aliphatic heterocycles. The molecule has 0 saturated carbocycles. The molecule has 1 fully saturated rings. The summed E-state index contributed by atoms with van der Waals surface area (Å²) >= 11 is 12.8. The SMILES string of the molecule is COC(=O)CN1C(=O)S/C(=C\c2cccc(OCc3ccc(Cl)cc3Cl)c2)C1=O. The third kappa shape index (κ3) is 5.32. The normalized spacial score (nSPS) is 15.1. The number of thioether (sulfide) groups is 1. The van der Waals surface area contributed by atoms with Gasteiger partial charge in [-0.1, -0.05) is 41.4 Å². The van der Waals surface area contributed by atoms with Crippen molar-refractivity contribution in [2.75, 3.05) is 13.7 Å². The van der Waals surface area contributed by atoms with Gasteiger partial charge in [-0.05, 0) is 47.7 Å². The highest BCUT2D eigenvalue weighted by Gasteiger charge is 2.36. The molecule has 0 unspecified atom stereocenters. The second-order valence-electron chi connectivity index (χ2n) is 5.94. The zero-order valence-corrected chi connectivity index (χ0v) is 17.5. The van der Waals surface area contributed by atoms with Gasteiger partial charge in [0.2, 0.25) is 0 Å². The Bertz CT molecular complexity index is 1010. The summed E-state index contributed by atoms with van der Waals surface area (Å²) in [6.45, 7) is -0.168. The molecule has 2 amide bonds. The summed E-state index contributed by atoms with van der Waals surface area (Å²) in [4.78, 5) is 36.8. The van der Waals surface area contributed by atoms with Crippen LogP contribution in [0.4, 0.5) is 4.79 Å². The lowest BCUT2D eigenvalue weighted by molar-refractivity contribution is -0.143. The molecular weight excluding hydrogens is 437 g/mol. The number of nitrogens with zero attached hydrogens (tertiary/aromatic N) is 1. The van der Waals surface area contributed by atoms with Crippen molar-refractivity contribution in [3.8, 4) is 5.75 Å². The van der Waals surface area contributed by atoms with Gasteiger partial charge in [-0.15, -0.1) is 0 Å². The Balaban J connectivity index is 1.71. The molecule has 0 radical (unpaired) electrons. The van der Waals surface area contributed by atoms with Crippen molar-refractivity contribution >= 4 is 58.2 Å². The fraction of sp³-hybridized carbons (Fsp3) is 0.150. The molecule has 0 atom stereocenters. The number of esters is 1. The van der Waals surface area contributed by atoms with E-state index in [4.69, 9.17) is 27.9 Å². The lowest BCUT2D eigenvalue weighted by Crippen LogP contribution is -2.34. The van der Waals surface area contributed by atoms with Crippen LogP contribution in [0, 0.1) is 0 Å². The van der Waals surface area contributed by atoms with Crippen LogP contribution in [0.3, 0.4) is 0 Å². The molecule has 0 aliphatic carbocycles. The maximum absolute atomic E-state index is 12.4. The van der Waals surface area contributed by atoms with Crippen LogP contribution >= 0.6 is 35.0 Å². The van der Waals surface area contributed by atoms with E-state index in [0.717, 1.165) is 22.2 Å². The average molecular weight is 452 g/mol. The first-order valence-corrected chi connectivity index (χ1v) is 9.93. The van der Waals surface area contributed by atoms with E-state index in [2.05, 4.69) is 4.74 Å². The quantitative estimate of drug-likeness (QED) is 0.464. The number of benzene rings is 2. The number of carbonyl (C=O) groups excluding carboxylic acids is 3. The minimum Gasteiger partial charge on any atom is -0.489 e. The molecular formula is C20H15Cl2NO5S. The lowest BCUT2D eigenvalue weighted by atomic mass is 10.2. The van der Waals surface area contributed by atoms with Crippen molar-refractivity contribution in [2.45, 2.75) is 6.61 Å². The minimum atomic E-state index is -0.662. The molecule has 1 aliphatic rings. The Hall–Kier alpha value is -2.48. The van der Waals surface area contributed by atoms with E-state index >= 15 is 0 Å². The van der Waals surface area contributed by atoms with Gasteiger partial charge in [0, 0.05) is 15.6 Å². The van der Waals surface area contributed by atoms with Crippen LogP contribution in [0.1, 0.15) is 11.1 Å². The third-order valence-electron chi connectivity index (χ3n) is 3.95. The molecule has 2 aromatic carbocycles. The predicted octanol–water partition coefficient (Wildman–Crippen LogP) is 4.78. The van der Waals surface area contributed by atoms with Crippen LogP contribution in [0.25, 0.3) is 6.08 Å². The number of amides is 2. The molecule has 3 rings (SSSR count). The second kappa shape index (κ2) is 9.35. The van der Waals surface area contributed by atoms with Crippen molar-refractivity contribution in [3.05, 3.63) is 68.5 Å².